The van der Waals surface area contributed by atoms with Crippen molar-refractivity contribution in [2.75, 3.05) is 0 Å². The Morgan fingerprint density at radius 3 is 1.83 bits per heavy atom. The molecule has 46 heavy (non-hydrogen) atoms. The largest absolute Gasteiger partial charge is 0.456 e. The second kappa shape index (κ2) is 9.69. The predicted octanol–water partition coefficient (Wildman–Crippen LogP) is 12.7. The van der Waals surface area contributed by atoms with E-state index in [0.29, 0.717) is 0 Å². The van der Waals surface area contributed by atoms with Crippen LogP contribution >= 0.6 is 0 Å². The smallest absolute Gasteiger partial charge is 0.143 e. The summed E-state index contributed by atoms with van der Waals surface area (Å²) in [6, 6.07) is 56.1. The molecule has 2 heteroatoms. The van der Waals surface area contributed by atoms with Gasteiger partial charge in [0.1, 0.15) is 22.7 Å². The number of para-hydroxylation sites is 1. The second-order valence-corrected chi connectivity index (χ2v) is 12.0. The van der Waals surface area contributed by atoms with Gasteiger partial charge in [0.05, 0.1) is 0 Å². The van der Waals surface area contributed by atoms with Crippen molar-refractivity contribution in [3.63, 3.8) is 0 Å². The van der Waals surface area contributed by atoms with Crippen LogP contribution in [0.3, 0.4) is 0 Å². The molecule has 0 aliphatic carbocycles. The minimum atomic E-state index is 0.911. The van der Waals surface area contributed by atoms with E-state index in [1.165, 1.54) is 55.1 Å². The van der Waals surface area contributed by atoms with Crippen LogP contribution in [0, 0.1) is 0 Å². The van der Waals surface area contributed by atoms with Gasteiger partial charge >= 0.3 is 0 Å². The number of hydrogen-bond acceptors (Lipinski definition) is 2. The minimum Gasteiger partial charge on any atom is -0.456 e. The number of fused-ring (bicyclic) bond motifs is 7. The molecule has 0 spiro atoms. The molecular formula is C44H26O2. The van der Waals surface area contributed by atoms with Gasteiger partial charge in [-0.15, -0.1) is 0 Å². The lowest BCUT2D eigenvalue weighted by Crippen LogP contribution is -1.97. The molecule has 0 fully saturated rings. The number of rotatable bonds is 3. The molecule has 0 unspecified atom stereocenters. The van der Waals surface area contributed by atoms with Crippen LogP contribution in [0.25, 0.3) is 88.0 Å². The first-order valence-electron chi connectivity index (χ1n) is 15.7. The molecule has 0 saturated carbocycles. The highest BCUT2D eigenvalue weighted by Gasteiger charge is 2.21. The third-order valence-corrected chi connectivity index (χ3v) is 9.51. The van der Waals surface area contributed by atoms with E-state index in [4.69, 9.17) is 9.15 Å². The lowest BCUT2D eigenvalue weighted by atomic mass is 9.90. The van der Waals surface area contributed by atoms with Crippen LogP contribution in [-0.4, -0.2) is 0 Å². The summed E-state index contributed by atoms with van der Waals surface area (Å²) in [6.45, 7) is 0. The molecule has 1 aliphatic heterocycles. The molecule has 2 heterocycles. The van der Waals surface area contributed by atoms with Crippen molar-refractivity contribution in [1.29, 1.82) is 0 Å². The molecule has 0 amide bonds. The van der Waals surface area contributed by atoms with Crippen molar-refractivity contribution in [3.05, 3.63) is 158 Å². The Balaban J connectivity index is 1.01. The van der Waals surface area contributed by atoms with Gasteiger partial charge in [0, 0.05) is 27.1 Å². The topological polar surface area (TPSA) is 22.4 Å². The van der Waals surface area contributed by atoms with Gasteiger partial charge in [0.2, 0.25) is 0 Å². The van der Waals surface area contributed by atoms with Gasteiger partial charge in [-0.05, 0) is 74.0 Å². The summed E-state index contributed by atoms with van der Waals surface area (Å²) in [4.78, 5) is 0. The Hall–Kier alpha value is -6.12. The molecule has 0 saturated heterocycles. The Bertz CT molecular complexity index is 2640. The third kappa shape index (κ3) is 3.71. The average Bonchev–Trinajstić information content (AvgIpc) is 3.52. The maximum Gasteiger partial charge on any atom is 0.143 e. The van der Waals surface area contributed by atoms with Crippen LogP contribution < -0.4 is 4.74 Å². The summed E-state index contributed by atoms with van der Waals surface area (Å²) in [5.41, 5.74) is 11.4. The summed E-state index contributed by atoms with van der Waals surface area (Å²) < 4.78 is 12.7. The van der Waals surface area contributed by atoms with Crippen LogP contribution in [0.15, 0.2) is 162 Å². The van der Waals surface area contributed by atoms with Crippen molar-refractivity contribution in [1.82, 2.24) is 0 Å². The fourth-order valence-electron chi connectivity index (χ4n) is 7.31. The molecule has 1 aliphatic rings. The third-order valence-electron chi connectivity index (χ3n) is 9.51. The van der Waals surface area contributed by atoms with Gasteiger partial charge in [-0.25, -0.2) is 0 Å². The SMILES string of the molecule is c1ccc2c(c1)Oc1ccc(-c3ccc(-c4ccc(-c5cccc6oc7c8ccccc8ccc7c56)cc4)cc3)c3cccc-2c13. The van der Waals surface area contributed by atoms with Gasteiger partial charge < -0.3 is 9.15 Å². The second-order valence-electron chi connectivity index (χ2n) is 12.0. The van der Waals surface area contributed by atoms with Crippen LogP contribution in [0.2, 0.25) is 0 Å². The fourth-order valence-corrected chi connectivity index (χ4v) is 7.31. The first-order valence-corrected chi connectivity index (χ1v) is 15.7. The molecule has 0 bridgehead atoms. The Kier molecular flexibility index (Phi) is 5.31. The fraction of sp³-hybridized carbons (Fsp3) is 0. The average molecular weight is 587 g/mol. The molecule has 0 atom stereocenters. The van der Waals surface area contributed by atoms with E-state index in [1.807, 2.05) is 12.1 Å². The summed E-state index contributed by atoms with van der Waals surface area (Å²) in [5.74, 6) is 1.83. The molecule has 214 valence electrons. The Morgan fingerprint density at radius 2 is 0.978 bits per heavy atom. The maximum absolute atomic E-state index is 6.43. The van der Waals surface area contributed by atoms with Crippen molar-refractivity contribution in [3.8, 4) is 56.0 Å². The van der Waals surface area contributed by atoms with Crippen LogP contribution in [0.5, 0.6) is 11.5 Å². The first kappa shape index (κ1) is 25.2. The zero-order valence-corrected chi connectivity index (χ0v) is 24.8. The molecule has 8 aromatic carbocycles. The van der Waals surface area contributed by atoms with Crippen molar-refractivity contribution < 1.29 is 9.15 Å². The monoisotopic (exact) mass is 586 g/mol. The van der Waals surface area contributed by atoms with Crippen molar-refractivity contribution >= 4 is 43.5 Å². The van der Waals surface area contributed by atoms with E-state index in [1.54, 1.807) is 0 Å². The van der Waals surface area contributed by atoms with Gasteiger partial charge in [-0.3, -0.25) is 0 Å². The van der Waals surface area contributed by atoms with Crippen molar-refractivity contribution in [2.45, 2.75) is 0 Å². The zero-order chi connectivity index (χ0) is 30.2. The number of benzene rings is 8. The molecule has 0 radical (unpaired) electrons. The highest BCUT2D eigenvalue weighted by atomic mass is 16.5. The Labute approximate surface area is 265 Å². The summed E-state index contributed by atoms with van der Waals surface area (Å²) in [7, 11) is 0. The van der Waals surface area contributed by atoms with E-state index in [0.717, 1.165) is 44.4 Å². The van der Waals surface area contributed by atoms with Gasteiger partial charge in [-0.1, -0.05) is 133 Å². The van der Waals surface area contributed by atoms with Crippen LogP contribution in [0.4, 0.5) is 0 Å². The van der Waals surface area contributed by atoms with E-state index < -0.39 is 0 Å². The molecule has 0 N–H and O–H groups in total. The highest BCUT2D eigenvalue weighted by Crippen LogP contribution is 2.48. The van der Waals surface area contributed by atoms with Crippen LogP contribution in [0.1, 0.15) is 0 Å². The molecule has 9 aromatic rings. The highest BCUT2D eigenvalue weighted by molar-refractivity contribution is 6.19. The zero-order valence-electron chi connectivity index (χ0n) is 24.8. The van der Waals surface area contributed by atoms with Crippen molar-refractivity contribution in [2.24, 2.45) is 0 Å². The summed E-state index contributed by atoms with van der Waals surface area (Å²) >= 11 is 0. The maximum atomic E-state index is 6.43. The molecule has 10 rings (SSSR count). The number of furan rings is 1. The van der Waals surface area contributed by atoms with E-state index in [2.05, 4.69) is 146 Å². The quantitative estimate of drug-likeness (QED) is 0.205. The molecule has 2 nitrogen and oxygen atoms in total. The predicted molar refractivity (Wildman–Crippen MR) is 191 cm³/mol. The van der Waals surface area contributed by atoms with Gasteiger partial charge in [0.15, 0.2) is 0 Å². The normalized spacial score (nSPS) is 12.1. The van der Waals surface area contributed by atoms with Gasteiger partial charge in [-0.2, -0.15) is 0 Å². The van der Waals surface area contributed by atoms with E-state index in [9.17, 15) is 0 Å². The number of hydrogen-bond donors (Lipinski definition) is 0. The summed E-state index contributed by atoms with van der Waals surface area (Å²) in [6.07, 6.45) is 0. The molecular weight excluding hydrogens is 560 g/mol. The Morgan fingerprint density at radius 1 is 0.326 bits per heavy atom. The summed E-state index contributed by atoms with van der Waals surface area (Å²) in [5, 5.41) is 7.03. The van der Waals surface area contributed by atoms with Gasteiger partial charge in [0.25, 0.3) is 0 Å². The van der Waals surface area contributed by atoms with E-state index in [-0.39, 0.29) is 0 Å². The van der Waals surface area contributed by atoms with Crippen LogP contribution in [-0.2, 0) is 0 Å². The first-order chi connectivity index (χ1) is 22.8. The lowest BCUT2D eigenvalue weighted by molar-refractivity contribution is 0.487. The van der Waals surface area contributed by atoms with E-state index >= 15 is 0 Å². The number of ether oxygens (including phenoxy) is 1. The standard InChI is InChI=1S/C44H26O2/c1-2-8-34-29(7-1)23-24-38-42-33(10-6-14-40(42)46-44(34)38)31-21-17-28(18-22-31)27-15-19-30(20-16-27)32-25-26-41-43-36(32)11-5-12-37(43)35-9-3-4-13-39(35)45-41/h1-26H. The minimum absolute atomic E-state index is 0.911. The lowest BCUT2D eigenvalue weighted by Gasteiger charge is -2.22. The molecule has 1 aromatic heterocycles.